The smallest absolute Gasteiger partial charge is 0.335 e. The number of imidazole rings is 1. The molecule has 112 valence electrons. The Morgan fingerprint density at radius 2 is 2.10 bits per heavy atom. The van der Waals surface area contributed by atoms with Crippen LogP contribution >= 0.6 is 0 Å². The van der Waals surface area contributed by atoms with E-state index in [0.29, 0.717) is 5.56 Å². The summed E-state index contributed by atoms with van der Waals surface area (Å²) in [5, 5.41) is 9.13. The molecular formula is C16H21N3O2. The van der Waals surface area contributed by atoms with E-state index in [-0.39, 0.29) is 6.04 Å². The molecule has 1 N–H and O–H groups in total. The highest BCUT2D eigenvalue weighted by molar-refractivity contribution is 5.92. The second-order valence-electron chi connectivity index (χ2n) is 5.87. The highest BCUT2D eigenvalue weighted by Crippen LogP contribution is 2.21. The summed E-state index contributed by atoms with van der Waals surface area (Å²) in [6, 6.07) is 5.40. The lowest BCUT2D eigenvalue weighted by atomic mass is 10.1. The summed E-state index contributed by atoms with van der Waals surface area (Å²) in [5.74, 6) is -0.895. The first-order valence-corrected chi connectivity index (χ1v) is 7.57. The third-order valence-corrected chi connectivity index (χ3v) is 4.27. The predicted octanol–water partition coefficient (Wildman–Crippen LogP) is 2.78. The third kappa shape index (κ3) is 2.93. The van der Waals surface area contributed by atoms with Crippen molar-refractivity contribution < 1.29 is 9.90 Å². The topological polar surface area (TPSA) is 58.4 Å². The molecule has 0 bridgehead atoms. The SMILES string of the molecule is CC(CN1CCCCC1)n1cnc2ccc(C(=O)O)cc21. The zero-order valence-electron chi connectivity index (χ0n) is 12.3. The monoisotopic (exact) mass is 287 g/mol. The van der Waals surface area contributed by atoms with E-state index in [0.717, 1.165) is 30.7 Å². The van der Waals surface area contributed by atoms with Crippen molar-refractivity contribution in [1.82, 2.24) is 14.5 Å². The van der Waals surface area contributed by atoms with Gasteiger partial charge in [-0.05, 0) is 51.1 Å². The van der Waals surface area contributed by atoms with Gasteiger partial charge in [0.1, 0.15) is 0 Å². The van der Waals surface area contributed by atoms with E-state index in [2.05, 4.69) is 21.4 Å². The molecule has 1 saturated heterocycles. The first-order chi connectivity index (χ1) is 10.1. The molecular weight excluding hydrogens is 266 g/mol. The van der Waals surface area contributed by atoms with Crippen LogP contribution in [0.15, 0.2) is 24.5 Å². The van der Waals surface area contributed by atoms with Crippen LogP contribution in [0.3, 0.4) is 0 Å². The molecule has 0 aliphatic carbocycles. The number of aromatic nitrogens is 2. The number of nitrogens with zero attached hydrogens (tertiary/aromatic N) is 3. The highest BCUT2D eigenvalue weighted by Gasteiger charge is 2.16. The molecule has 21 heavy (non-hydrogen) atoms. The van der Waals surface area contributed by atoms with Crippen LogP contribution in [0.25, 0.3) is 11.0 Å². The van der Waals surface area contributed by atoms with Gasteiger partial charge < -0.3 is 14.6 Å². The van der Waals surface area contributed by atoms with E-state index in [1.165, 1.54) is 19.3 Å². The molecule has 1 aromatic carbocycles. The Morgan fingerprint density at radius 1 is 1.33 bits per heavy atom. The second kappa shape index (κ2) is 5.85. The van der Waals surface area contributed by atoms with E-state index >= 15 is 0 Å². The standard InChI is InChI=1S/C16H21N3O2/c1-12(10-18-7-3-2-4-8-18)19-11-17-14-6-5-13(16(20)21)9-15(14)19/h5-6,9,11-12H,2-4,7-8,10H2,1H3,(H,20,21). The van der Waals surface area contributed by atoms with Gasteiger partial charge in [0.05, 0.1) is 22.9 Å². The maximum absolute atomic E-state index is 11.1. The minimum atomic E-state index is -0.895. The number of hydrogen-bond donors (Lipinski definition) is 1. The highest BCUT2D eigenvalue weighted by atomic mass is 16.4. The summed E-state index contributed by atoms with van der Waals surface area (Å²) in [7, 11) is 0. The average molecular weight is 287 g/mol. The molecule has 1 aromatic heterocycles. The first kappa shape index (κ1) is 14.1. The van der Waals surface area contributed by atoms with Crippen molar-refractivity contribution in [3.8, 4) is 0 Å². The van der Waals surface area contributed by atoms with Crippen molar-refractivity contribution in [2.45, 2.75) is 32.2 Å². The molecule has 1 fully saturated rings. The summed E-state index contributed by atoms with van der Waals surface area (Å²) < 4.78 is 2.09. The lowest BCUT2D eigenvalue weighted by Crippen LogP contribution is -2.34. The van der Waals surface area contributed by atoms with Gasteiger partial charge in [0.15, 0.2) is 0 Å². The molecule has 2 heterocycles. The Labute approximate surface area is 124 Å². The van der Waals surface area contributed by atoms with E-state index in [1.807, 2.05) is 6.33 Å². The molecule has 5 nitrogen and oxygen atoms in total. The van der Waals surface area contributed by atoms with Crippen molar-refractivity contribution in [2.24, 2.45) is 0 Å². The van der Waals surface area contributed by atoms with Crippen molar-refractivity contribution in [1.29, 1.82) is 0 Å². The molecule has 0 radical (unpaired) electrons. The number of carboxylic acid groups (broad SMARTS) is 1. The number of hydrogen-bond acceptors (Lipinski definition) is 3. The number of aromatic carboxylic acids is 1. The van der Waals surface area contributed by atoms with E-state index in [1.54, 1.807) is 18.2 Å². The molecule has 0 saturated carbocycles. The number of carbonyl (C=O) groups is 1. The van der Waals surface area contributed by atoms with E-state index in [9.17, 15) is 4.79 Å². The summed E-state index contributed by atoms with van der Waals surface area (Å²) in [5.41, 5.74) is 2.07. The van der Waals surface area contributed by atoms with Gasteiger partial charge in [-0.1, -0.05) is 6.42 Å². The van der Waals surface area contributed by atoms with Gasteiger partial charge >= 0.3 is 5.97 Å². The van der Waals surface area contributed by atoms with Crippen molar-refractivity contribution >= 4 is 17.0 Å². The Morgan fingerprint density at radius 3 is 2.81 bits per heavy atom. The van der Waals surface area contributed by atoms with Crippen molar-refractivity contribution in [3.05, 3.63) is 30.1 Å². The van der Waals surface area contributed by atoms with Gasteiger partial charge in [0.2, 0.25) is 0 Å². The van der Waals surface area contributed by atoms with Crippen LogP contribution in [0.5, 0.6) is 0 Å². The van der Waals surface area contributed by atoms with Crippen LogP contribution in [-0.2, 0) is 0 Å². The van der Waals surface area contributed by atoms with Gasteiger partial charge in [0, 0.05) is 12.6 Å². The molecule has 3 rings (SSSR count). The molecule has 2 aromatic rings. The zero-order chi connectivity index (χ0) is 14.8. The number of carboxylic acids is 1. The predicted molar refractivity (Wildman–Crippen MR) is 81.7 cm³/mol. The minimum Gasteiger partial charge on any atom is -0.478 e. The van der Waals surface area contributed by atoms with Gasteiger partial charge in [-0.3, -0.25) is 0 Å². The Balaban J connectivity index is 1.84. The van der Waals surface area contributed by atoms with Gasteiger partial charge in [-0.2, -0.15) is 0 Å². The maximum atomic E-state index is 11.1. The summed E-state index contributed by atoms with van der Waals surface area (Å²) in [4.78, 5) is 18.0. The van der Waals surface area contributed by atoms with Crippen LogP contribution < -0.4 is 0 Å². The number of fused-ring (bicyclic) bond motifs is 1. The Hall–Kier alpha value is -1.88. The largest absolute Gasteiger partial charge is 0.478 e. The van der Waals surface area contributed by atoms with Gasteiger partial charge in [0.25, 0.3) is 0 Å². The van der Waals surface area contributed by atoms with Crippen LogP contribution in [-0.4, -0.2) is 45.2 Å². The number of benzene rings is 1. The number of rotatable bonds is 4. The quantitative estimate of drug-likeness (QED) is 0.939. The fourth-order valence-corrected chi connectivity index (χ4v) is 3.11. The molecule has 1 atom stereocenters. The Kier molecular flexibility index (Phi) is 3.92. The van der Waals surface area contributed by atoms with Crippen molar-refractivity contribution in [3.63, 3.8) is 0 Å². The van der Waals surface area contributed by atoms with E-state index in [4.69, 9.17) is 5.11 Å². The fourth-order valence-electron chi connectivity index (χ4n) is 3.11. The molecule has 0 spiro atoms. The van der Waals surface area contributed by atoms with Gasteiger partial charge in [-0.25, -0.2) is 9.78 Å². The molecule has 0 amide bonds. The summed E-state index contributed by atoms with van der Waals surface area (Å²) >= 11 is 0. The summed E-state index contributed by atoms with van der Waals surface area (Å²) in [6.07, 6.45) is 5.72. The molecule has 5 heteroatoms. The first-order valence-electron chi connectivity index (χ1n) is 7.57. The van der Waals surface area contributed by atoms with Crippen LogP contribution in [0.2, 0.25) is 0 Å². The van der Waals surface area contributed by atoms with Crippen LogP contribution in [0.4, 0.5) is 0 Å². The average Bonchev–Trinajstić information content (AvgIpc) is 2.91. The number of piperidine rings is 1. The fraction of sp³-hybridized carbons (Fsp3) is 0.500. The minimum absolute atomic E-state index is 0.289. The lowest BCUT2D eigenvalue weighted by Gasteiger charge is -2.29. The van der Waals surface area contributed by atoms with Gasteiger partial charge in [-0.15, -0.1) is 0 Å². The normalized spacial score (nSPS) is 18.0. The Bertz CT molecular complexity index is 644. The third-order valence-electron chi connectivity index (χ3n) is 4.27. The summed E-state index contributed by atoms with van der Waals surface area (Å²) in [6.45, 7) is 5.49. The molecule has 1 unspecified atom stereocenters. The molecule has 1 aliphatic heterocycles. The number of likely N-dealkylation sites (tertiary alicyclic amines) is 1. The van der Waals surface area contributed by atoms with Crippen molar-refractivity contribution in [2.75, 3.05) is 19.6 Å². The van der Waals surface area contributed by atoms with E-state index < -0.39 is 5.97 Å². The van der Waals surface area contributed by atoms with Crippen LogP contribution in [0, 0.1) is 0 Å². The maximum Gasteiger partial charge on any atom is 0.335 e. The second-order valence-corrected chi connectivity index (χ2v) is 5.87. The zero-order valence-corrected chi connectivity index (χ0v) is 12.3. The molecule has 1 aliphatic rings. The van der Waals surface area contributed by atoms with Crippen LogP contribution in [0.1, 0.15) is 42.6 Å². The lowest BCUT2D eigenvalue weighted by molar-refractivity contribution is 0.0697.